The smallest absolute Gasteiger partial charge is 0.336 e. The molecule has 0 saturated heterocycles. The Morgan fingerprint density at radius 3 is 2.32 bits per heavy atom. The van der Waals surface area contributed by atoms with Gasteiger partial charge in [-0.3, -0.25) is 4.79 Å². The Labute approximate surface area is 152 Å². The minimum Gasteiger partial charge on any atom is -0.481 e. The van der Waals surface area contributed by atoms with Gasteiger partial charge in [-0.2, -0.15) is 0 Å². The van der Waals surface area contributed by atoms with Gasteiger partial charge >= 0.3 is 11.9 Å². The summed E-state index contributed by atoms with van der Waals surface area (Å²) in [5, 5.41) is 19.3. The Bertz CT molecular complexity index is 967. The second-order valence-corrected chi connectivity index (χ2v) is 6.45. The molecular weight excluding hydrogens is 386 g/mol. The highest BCUT2D eigenvalue weighted by Crippen LogP contribution is 2.32. The van der Waals surface area contributed by atoms with Crippen LogP contribution in [0.15, 0.2) is 53.0 Å². The highest BCUT2D eigenvalue weighted by Gasteiger charge is 2.21. The van der Waals surface area contributed by atoms with E-state index in [1.807, 2.05) is 24.3 Å². The first-order valence-corrected chi connectivity index (χ1v) is 8.39. The topological polar surface area (TPSA) is 87.5 Å². The number of nitrogens with zero attached hydrogens (tertiary/aromatic N) is 1. The summed E-state index contributed by atoms with van der Waals surface area (Å²) in [5.74, 6) is -2.07. The number of aliphatic carboxylic acids is 1. The van der Waals surface area contributed by atoms with Crippen LogP contribution in [0.1, 0.15) is 22.3 Å². The number of carboxylic acid groups (broad SMARTS) is 2. The summed E-state index contributed by atoms with van der Waals surface area (Å²) in [4.78, 5) is 27.6. The Hall–Kier alpha value is -2.73. The van der Waals surface area contributed by atoms with E-state index in [2.05, 4.69) is 20.9 Å². The Morgan fingerprint density at radius 1 is 1.00 bits per heavy atom. The average molecular weight is 400 g/mol. The monoisotopic (exact) mass is 399 g/mol. The Kier molecular flexibility index (Phi) is 4.81. The molecule has 1 heterocycles. The molecule has 3 rings (SSSR count). The molecule has 0 aliphatic carbocycles. The lowest BCUT2D eigenvalue weighted by Crippen LogP contribution is -2.10. The minimum atomic E-state index is -1.09. The number of para-hydroxylation sites is 1. The second kappa shape index (κ2) is 7.03. The van der Waals surface area contributed by atoms with Crippen LogP contribution in [0.5, 0.6) is 0 Å². The van der Waals surface area contributed by atoms with Crippen molar-refractivity contribution in [2.75, 3.05) is 0 Å². The molecule has 126 valence electrons. The third-order valence-corrected chi connectivity index (χ3v) is 4.44. The van der Waals surface area contributed by atoms with Gasteiger partial charge in [0.1, 0.15) is 0 Å². The summed E-state index contributed by atoms with van der Waals surface area (Å²) in [6, 6.07) is 14.3. The molecule has 0 spiro atoms. The average Bonchev–Trinajstić information content (AvgIpc) is 2.59. The van der Waals surface area contributed by atoms with Crippen LogP contribution in [0.25, 0.3) is 22.2 Å². The zero-order valence-corrected chi connectivity index (χ0v) is 14.7. The van der Waals surface area contributed by atoms with Crippen molar-refractivity contribution in [3.05, 3.63) is 64.1 Å². The molecule has 3 aromatic rings. The number of aromatic carboxylic acids is 1. The lowest BCUT2D eigenvalue weighted by atomic mass is 9.93. The first-order chi connectivity index (χ1) is 12.0. The summed E-state index contributed by atoms with van der Waals surface area (Å²) in [6.45, 7) is 0. The molecule has 0 radical (unpaired) electrons. The van der Waals surface area contributed by atoms with Crippen molar-refractivity contribution in [2.45, 2.75) is 12.8 Å². The predicted octanol–water partition coefficient (Wildman–Crippen LogP) is 4.38. The number of carboxylic acids is 2. The number of fused-ring (bicyclic) bond motifs is 1. The predicted molar refractivity (Wildman–Crippen MR) is 97.8 cm³/mol. The van der Waals surface area contributed by atoms with E-state index in [4.69, 9.17) is 5.11 Å². The minimum absolute atomic E-state index is 0.0974. The molecule has 5 nitrogen and oxygen atoms in total. The van der Waals surface area contributed by atoms with Crippen LogP contribution in [0.2, 0.25) is 0 Å². The van der Waals surface area contributed by atoms with Crippen molar-refractivity contribution in [3.63, 3.8) is 0 Å². The maximum atomic E-state index is 11.9. The SMILES string of the molecule is O=C(O)CCc1c(-c2ccc(Br)cc2)nc2ccccc2c1C(=O)O. The van der Waals surface area contributed by atoms with Gasteiger partial charge < -0.3 is 10.2 Å². The highest BCUT2D eigenvalue weighted by molar-refractivity contribution is 9.10. The molecule has 0 atom stereocenters. The van der Waals surface area contributed by atoms with Crippen LogP contribution in [0.3, 0.4) is 0 Å². The normalized spacial score (nSPS) is 10.8. The van der Waals surface area contributed by atoms with Gasteiger partial charge in [-0.15, -0.1) is 0 Å². The van der Waals surface area contributed by atoms with Crippen LogP contribution in [-0.2, 0) is 11.2 Å². The number of aromatic nitrogens is 1. The number of pyridine rings is 1. The van der Waals surface area contributed by atoms with E-state index in [0.29, 0.717) is 22.2 Å². The van der Waals surface area contributed by atoms with Crippen LogP contribution < -0.4 is 0 Å². The molecule has 0 unspecified atom stereocenters. The van der Waals surface area contributed by atoms with E-state index in [1.165, 1.54) is 0 Å². The van der Waals surface area contributed by atoms with E-state index in [0.717, 1.165) is 10.0 Å². The first kappa shape index (κ1) is 17.1. The third-order valence-electron chi connectivity index (χ3n) is 3.91. The van der Waals surface area contributed by atoms with Crippen LogP contribution in [0, 0.1) is 0 Å². The Morgan fingerprint density at radius 2 is 1.68 bits per heavy atom. The third kappa shape index (κ3) is 3.53. The number of halogens is 1. The fraction of sp³-hybridized carbons (Fsp3) is 0.105. The zero-order chi connectivity index (χ0) is 18.0. The fourth-order valence-electron chi connectivity index (χ4n) is 2.82. The van der Waals surface area contributed by atoms with Crippen LogP contribution in [0.4, 0.5) is 0 Å². The zero-order valence-electron chi connectivity index (χ0n) is 13.1. The molecule has 0 fully saturated rings. The lowest BCUT2D eigenvalue weighted by molar-refractivity contribution is -0.136. The molecule has 0 saturated carbocycles. The molecule has 6 heteroatoms. The number of benzene rings is 2. The van der Waals surface area contributed by atoms with Gasteiger partial charge in [0.25, 0.3) is 0 Å². The quantitative estimate of drug-likeness (QED) is 0.664. The van der Waals surface area contributed by atoms with Gasteiger partial charge in [0.15, 0.2) is 0 Å². The van der Waals surface area contributed by atoms with Gasteiger partial charge in [0.2, 0.25) is 0 Å². The van der Waals surface area contributed by atoms with Gasteiger partial charge in [-0.05, 0) is 30.2 Å². The van der Waals surface area contributed by atoms with Gasteiger partial charge in [-0.1, -0.05) is 46.3 Å². The highest BCUT2D eigenvalue weighted by atomic mass is 79.9. The van der Waals surface area contributed by atoms with Crippen LogP contribution >= 0.6 is 15.9 Å². The molecule has 1 aromatic heterocycles. The standard InChI is InChI=1S/C19H14BrNO4/c20-12-7-5-11(6-8-12)18-14(9-10-16(22)23)17(19(24)25)13-3-1-2-4-15(13)21-18/h1-8H,9-10H2,(H,22,23)(H,24,25). The maximum Gasteiger partial charge on any atom is 0.336 e. The number of carbonyl (C=O) groups is 2. The van der Waals surface area contributed by atoms with Crippen molar-refractivity contribution in [1.82, 2.24) is 4.98 Å². The molecule has 0 aliphatic heterocycles. The molecule has 0 aliphatic rings. The van der Waals surface area contributed by atoms with Crippen LogP contribution in [-0.4, -0.2) is 27.1 Å². The molecule has 0 bridgehead atoms. The summed E-state index contributed by atoms with van der Waals surface area (Å²) in [6.07, 6.45) is -0.0654. The van der Waals surface area contributed by atoms with E-state index < -0.39 is 11.9 Å². The van der Waals surface area contributed by atoms with Crippen molar-refractivity contribution in [3.8, 4) is 11.3 Å². The van der Waals surface area contributed by atoms with Crippen molar-refractivity contribution in [2.24, 2.45) is 0 Å². The second-order valence-electron chi connectivity index (χ2n) is 5.54. The van der Waals surface area contributed by atoms with Gasteiger partial charge in [-0.25, -0.2) is 9.78 Å². The van der Waals surface area contributed by atoms with E-state index in [-0.39, 0.29) is 18.4 Å². The summed E-state index contributed by atoms with van der Waals surface area (Å²) >= 11 is 3.37. The van der Waals surface area contributed by atoms with Crippen molar-refractivity contribution < 1.29 is 19.8 Å². The fourth-order valence-corrected chi connectivity index (χ4v) is 3.08. The van der Waals surface area contributed by atoms with Crippen molar-refractivity contribution in [1.29, 1.82) is 0 Å². The Balaban J connectivity index is 2.32. The summed E-state index contributed by atoms with van der Waals surface area (Å²) in [5.41, 5.74) is 2.37. The maximum absolute atomic E-state index is 11.9. The largest absolute Gasteiger partial charge is 0.481 e. The number of hydrogen-bond acceptors (Lipinski definition) is 3. The molecular formula is C19H14BrNO4. The lowest BCUT2D eigenvalue weighted by Gasteiger charge is -2.15. The number of rotatable bonds is 5. The molecule has 0 amide bonds. The summed E-state index contributed by atoms with van der Waals surface area (Å²) in [7, 11) is 0. The van der Waals surface area contributed by atoms with Gasteiger partial charge in [0, 0.05) is 21.8 Å². The molecule has 2 N–H and O–H groups in total. The van der Waals surface area contributed by atoms with Crippen molar-refractivity contribution >= 4 is 38.8 Å². The van der Waals surface area contributed by atoms with E-state index >= 15 is 0 Å². The molecule has 25 heavy (non-hydrogen) atoms. The van der Waals surface area contributed by atoms with E-state index in [1.54, 1.807) is 24.3 Å². The number of hydrogen-bond donors (Lipinski definition) is 2. The van der Waals surface area contributed by atoms with E-state index in [9.17, 15) is 14.7 Å². The summed E-state index contributed by atoms with van der Waals surface area (Å²) < 4.78 is 0.891. The first-order valence-electron chi connectivity index (χ1n) is 7.60. The van der Waals surface area contributed by atoms with Gasteiger partial charge in [0.05, 0.1) is 16.8 Å². The molecule has 2 aromatic carbocycles.